The maximum absolute atomic E-state index is 5.70. The van der Waals surface area contributed by atoms with Crippen molar-refractivity contribution in [2.24, 2.45) is 0 Å². The van der Waals surface area contributed by atoms with Gasteiger partial charge in [-0.25, -0.2) is 0 Å². The van der Waals surface area contributed by atoms with Gasteiger partial charge in [-0.3, -0.25) is 9.97 Å². The lowest BCUT2D eigenvalue weighted by molar-refractivity contribution is 1.19. The lowest BCUT2D eigenvalue weighted by Gasteiger charge is -2.02. The number of hydrogen-bond acceptors (Lipinski definition) is 2. The second kappa shape index (κ2) is 4.41. The van der Waals surface area contributed by atoms with Crippen molar-refractivity contribution in [3.63, 3.8) is 0 Å². The average Bonchev–Trinajstić information content (AvgIpc) is 2.29. The summed E-state index contributed by atoms with van der Waals surface area (Å²) in [5.41, 5.74) is 4.07. The minimum Gasteiger partial charge on any atom is -0.262 e. The van der Waals surface area contributed by atoms with Crippen LogP contribution in [0, 0.1) is 6.92 Å². The van der Waals surface area contributed by atoms with E-state index in [0.717, 1.165) is 22.5 Å². The molecule has 2 aromatic heterocycles. The van der Waals surface area contributed by atoms with Gasteiger partial charge < -0.3 is 0 Å². The fourth-order valence-corrected chi connectivity index (χ4v) is 1.54. The van der Waals surface area contributed by atoms with Crippen molar-refractivity contribution in [3.05, 3.63) is 47.9 Å². The van der Waals surface area contributed by atoms with E-state index in [4.69, 9.17) is 11.6 Å². The van der Waals surface area contributed by atoms with Crippen molar-refractivity contribution < 1.29 is 0 Å². The van der Waals surface area contributed by atoms with Crippen LogP contribution in [0.25, 0.3) is 11.3 Å². The van der Waals surface area contributed by atoms with Crippen molar-refractivity contribution in [3.8, 4) is 11.3 Å². The van der Waals surface area contributed by atoms with Gasteiger partial charge in [0.1, 0.15) is 0 Å². The Hall–Kier alpha value is -1.41. The maximum atomic E-state index is 5.70. The van der Waals surface area contributed by atoms with E-state index in [1.807, 2.05) is 31.2 Å². The zero-order chi connectivity index (χ0) is 10.7. The van der Waals surface area contributed by atoms with E-state index < -0.39 is 0 Å². The molecular formula is C12H11ClN2. The molecule has 0 aliphatic heterocycles. The molecule has 2 rings (SSSR count). The SMILES string of the molecule is Cc1cc(-c2ccc(CCl)cn2)ccn1. The zero-order valence-corrected chi connectivity index (χ0v) is 9.20. The molecule has 0 N–H and O–H groups in total. The van der Waals surface area contributed by atoms with Gasteiger partial charge in [-0.05, 0) is 30.7 Å². The van der Waals surface area contributed by atoms with Crippen LogP contribution in [0.3, 0.4) is 0 Å². The third kappa shape index (κ3) is 2.34. The average molecular weight is 219 g/mol. The maximum Gasteiger partial charge on any atom is 0.0703 e. The van der Waals surface area contributed by atoms with Crippen LogP contribution in [0.1, 0.15) is 11.3 Å². The number of halogens is 1. The molecule has 0 fully saturated rings. The molecule has 2 aromatic rings. The monoisotopic (exact) mass is 218 g/mol. The summed E-state index contributed by atoms with van der Waals surface area (Å²) in [6.45, 7) is 1.97. The number of rotatable bonds is 2. The highest BCUT2D eigenvalue weighted by molar-refractivity contribution is 6.17. The van der Waals surface area contributed by atoms with Crippen molar-refractivity contribution in [1.82, 2.24) is 9.97 Å². The molecule has 3 heteroatoms. The molecule has 0 aliphatic carbocycles. The summed E-state index contributed by atoms with van der Waals surface area (Å²) in [6, 6.07) is 7.94. The van der Waals surface area contributed by atoms with E-state index in [1.165, 1.54) is 0 Å². The number of aryl methyl sites for hydroxylation is 1. The second-order valence-electron chi connectivity index (χ2n) is 3.37. The van der Waals surface area contributed by atoms with Gasteiger partial charge in [0, 0.05) is 29.5 Å². The lowest BCUT2D eigenvalue weighted by Crippen LogP contribution is -1.87. The van der Waals surface area contributed by atoms with Gasteiger partial charge in [-0.1, -0.05) is 6.07 Å². The van der Waals surface area contributed by atoms with Gasteiger partial charge in [-0.2, -0.15) is 0 Å². The summed E-state index contributed by atoms with van der Waals surface area (Å²) in [5.74, 6) is 0.503. The molecule has 0 aliphatic rings. The van der Waals surface area contributed by atoms with Gasteiger partial charge in [0.25, 0.3) is 0 Å². The van der Waals surface area contributed by atoms with Crippen molar-refractivity contribution in [2.75, 3.05) is 0 Å². The van der Waals surface area contributed by atoms with E-state index in [-0.39, 0.29) is 0 Å². The molecule has 0 spiro atoms. The molecule has 0 saturated heterocycles. The van der Waals surface area contributed by atoms with Crippen molar-refractivity contribution >= 4 is 11.6 Å². The van der Waals surface area contributed by atoms with Gasteiger partial charge in [-0.15, -0.1) is 11.6 Å². The van der Waals surface area contributed by atoms with Crippen LogP contribution in [-0.2, 0) is 5.88 Å². The Balaban J connectivity index is 2.37. The van der Waals surface area contributed by atoms with E-state index >= 15 is 0 Å². The van der Waals surface area contributed by atoms with Gasteiger partial charge in [0.05, 0.1) is 5.69 Å². The quantitative estimate of drug-likeness (QED) is 0.724. The minimum atomic E-state index is 0.503. The first-order valence-electron chi connectivity index (χ1n) is 4.73. The predicted octanol–water partition coefficient (Wildman–Crippen LogP) is 3.19. The van der Waals surface area contributed by atoms with Crippen molar-refractivity contribution in [1.29, 1.82) is 0 Å². The van der Waals surface area contributed by atoms with E-state index in [2.05, 4.69) is 9.97 Å². The smallest absolute Gasteiger partial charge is 0.0703 e. The second-order valence-corrected chi connectivity index (χ2v) is 3.64. The minimum absolute atomic E-state index is 0.503. The van der Waals surface area contributed by atoms with Gasteiger partial charge in [0.2, 0.25) is 0 Å². The molecule has 0 bridgehead atoms. The van der Waals surface area contributed by atoms with Crippen LogP contribution in [0.2, 0.25) is 0 Å². The molecule has 0 amide bonds. The first kappa shape index (κ1) is 10.1. The van der Waals surface area contributed by atoms with Gasteiger partial charge >= 0.3 is 0 Å². The number of alkyl halides is 1. The molecule has 76 valence electrons. The highest BCUT2D eigenvalue weighted by Gasteiger charge is 1.99. The first-order valence-corrected chi connectivity index (χ1v) is 5.27. The van der Waals surface area contributed by atoms with E-state index in [1.54, 1.807) is 12.4 Å². The standard InChI is InChI=1S/C12H11ClN2/c1-9-6-11(4-5-14-9)12-3-2-10(7-13)8-15-12/h2-6,8H,7H2,1H3. The highest BCUT2D eigenvalue weighted by Crippen LogP contribution is 2.17. The van der Waals surface area contributed by atoms with Crippen LogP contribution >= 0.6 is 11.6 Å². The Bertz CT molecular complexity index is 451. The number of nitrogens with zero attached hydrogens (tertiary/aromatic N) is 2. The normalized spacial score (nSPS) is 10.3. The molecule has 0 saturated carbocycles. The third-order valence-corrected chi connectivity index (χ3v) is 2.48. The Kier molecular flexibility index (Phi) is 2.97. The Morgan fingerprint density at radius 2 is 2.07 bits per heavy atom. The molecule has 0 atom stereocenters. The third-order valence-electron chi connectivity index (χ3n) is 2.17. The summed E-state index contributed by atoms with van der Waals surface area (Å²) in [5, 5.41) is 0. The summed E-state index contributed by atoms with van der Waals surface area (Å²) in [7, 11) is 0. The summed E-state index contributed by atoms with van der Waals surface area (Å²) in [4.78, 5) is 8.50. The fourth-order valence-electron chi connectivity index (χ4n) is 1.38. The topological polar surface area (TPSA) is 25.8 Å². The molecule has 0 unspecified atom stereocenters. The van der Waals surface area contributed by atoms with Gasteiger partial charge in [0.15, 0.2) is 0 Å². The van der Waals surface area contributed by atoms with Crippen LogP contribution in [-0.4, -0.2) is 9.97 Å². The molecule has 0 radical (unpaired) electrons. The molecular weight excluding hydrogens is 208 g/mol. The van der Waals surface area contributed by atoms with E-state index in [9.17, 15) is 0 Å². The summed E-state index contributed by atoms with van der Waals surface area (Å²) >= 11 is 5.70. The van der Waals surface area contributed by atoms with Crippen LogP contribution in [0.5, 0.6) is 0 Å². The number of pyridine rings is 2. The number of hydrogen-bond donors (Lipinski definition) is 0. The van der Waals surface area contributed by atoms with E-state index in [0.29, 0.717) is 5.88 Å². The van der Waals surface area contributed by atoms with Crippen LogP contribution in [0.15, 0.2) is 36.7 Å². The Morgan fingerprint density at radius 1 is 1.20 bits per heavy atom. The summed E-state index contributed by atoms with van der Waals surface area (Å²) < 4.78 is 0. The first-order chi connectivity index (χ1) is 7.29. The zero-order valence-electron chi connectivity index (χ0n) is 8.44. The Morgan fingerprint density at radius 3 is 2.67 bits per heavy atom. The fraction of sp³-hybridized carbons (Fsp3) is 0.167. The largest absolute Gasteiger partial charge is 0.262 e. The molecule has 2 heterocycles. The van der Waals surface area contributed by atoms with Crippen molar-refractivity contribution in [2.45, 2.75) is 12.8 Å². The molecule has 0 aromatic carbocycles. The number of aromatic nitrogens is 2. The highest BCUT2D eigenvalue weighted by atomic mass is 35.5. The molecule has 2 nitrogen and oxygen atoms in total. The molecule has 15 heavy (non-hydrogen) atoms. The summed E-state index contributed by atoms with van der Waals surface area (Å²) in [6.07, 6.45) is 3.60. The lowest BCUT2D eigenvalue weighted by atomic mass is 10.1. The predicted molar refractivity (Wildman–Crippen MR) is 61.8 cm³/mol. The van der Waals surface area contributed by atoms with Crippen LogP contribution in [0.4, 0.5) is 0 Å². The van der Waals surface area contributed by atoms with Crippen LogP contribution < -0.4 is 0 Å². The Labute approximate surface area is 94.0 Å².